The highest BCUT2D eigenvalue weighted by Gasteiger charge is 2.35. The molecule has 5 heteroatoms. The van der Waals surface area contributed by atoms with E-state index in [1.807, 2.05) is 0 Å². The molecule has 3 rings (SSSR count). The van der Waals surface area contributed by atoms with Gasteiger partial charge in [-0.2, -0.15) is 0 Å². The summed E-state index contributed by atoms with van der Waals surface area (Å²) in [4.78, 5) is 18.0. The minimum Gasteiger partial charge on any atom is -0.385 e. The number of piperidine rings is 1. The molecule has 22 heavy (non-hydrogen) atoms. The van der Waals surface area contributed by atoms with E-state index in [4.69, 9.17) is 0 Å². The van der Waals surface area contributed by atoms with E-state index in [1.165, 1.54) is 12.1 Å². The number of carbonyl (C=O) groups excluding carboxylic acids is 1. The highest BCUT2D eigenvalue weighted by Crippen LogP contribution is 2.33. The average molecular weight is 300 g/mol. The van der Waals surface area contributed by atoms with Crippen molar-refractivity contribution in [2.75, 3.05) is 13.1 Å². The van der Waals surface area contributed by atoms with Gasteiger partial charge in [0.2, 0.25) is 0 Å². The molecule has 0 atom stereocenters. The van der Waals surface area contributed by atoms with E-state index in [0.29, 0.717) is 37.1 Å². The van der Waals surface area contributed by atoms with Gasteiger partial charge in [-0.15, -0.1) is 0 Å². The zero-order valence-electron chi connectivity index (χ0n) is 12.1. The normalized spacial score (nSPS) is 17.3. The van der Waals surface area contributed by atoms with Crippen LogP contribution in [0.4, 0.5) is 4.39 Å². The molecule has 2 heterocycles. The number of likely N-dealkylation sites (tertiary alicyclic amines) is 1. The fourth-order valence-corrected chi connectivity index (χ4v) is 2.80. The van der Waals surface area contributed by atoms with Gasteiger partial charge in [-0.05, 0) is 42.7 Å². The minimum absolute atomic E-state index is 0.0748. The van der Waals surface area contributed by atoms with Crippen molar-refractivity contribution in [3.05, 3.63) is 65.7 Å². The van der Waals surface area contributed by atoms with E-state index in [9.17, 15) is 14.3 Å². The highest BCUT2D eigenvalue weighted by atomic mass is 19.1. The van der Waals surface area contributed by atoms with Crippen LogP contribution in [-0.2, 0) is 5.60 Å². The summed E-state index contributed by atoms with van der Waals surface area (Å²) in [5.41, 5.74) is 0.247. The second-order valence-corrected chi connectivity index (χ2v) is 5.57. The number of carbonyl (C=O) groups is 1. The van der Waals surface area contributed by atoms with Crippen molar-refractivity contribution in [3.8, 4) is 0 Å². The number of hydrogen-bond donors (Lipinski definition) is 1. The first-order chi connectivity index (χ1) is 10.6. The Bertz CT molecular complexity index is 650. The van der Waals surface area contributed by atoms with E-state index < -0.39 is 5.60 Å². The van der Waals surface area contributed by atoms with Gasteiger partial charge < -0.3 is 10.0 Å². The van der Waals surface area contributed by atoms with E-state index in [0.717, 1.165) is 0 Å². The Morgan fingerprint density at radius 3 is 2.45 bits per heavy atom. The molecule has 0 saturated carbocycles. The Kier molecular flexibility index (Phi) is 3.90. The van der Waals surface area contributed by atoms with Crippen LogP contribution < -0.4 is 0 Å². The molecule has 1 N–H and O–H groups in total. The first-order valence-electron chi connectivity index (χ1n) is 7.26. The third-order valence-electron chi connectivity index (χ3n) is 4.17. The Labute approximate surface area is 128 Å². The molecule has 0 bridgehead atoms. The highest BCUT2D eigenvalue weighted by molar-refractivity contribution is 5.93. The predicted molar refractivity (Wildman–Crippen MR) is 79.7 cm³/mol. The van der Waals surface area contributed by atoms with Gasteiger partial charge in [-0.25, -0.2) is 4.39 Å². The summed E-state index contributed by atoms with van der Waals surface area (Å²) < 4.78 is 13.0. The molecule has 1 aliphatic heterocycles. The summed E-state index contributed by atoms with van der Waals surface area (Å²) in [6.45, 7) is 0.920. The summed E-state index contributed by atoms with van der Waals surface area (Å²) in [5.74, 6) is -0.397. The Balaban J connectivity index is 1.69. The molecule has 4 nitrogen and oxygen atoms in total. The zero-order valence-corrected chi connectivity index (χ0v) is 12.1. The van der Waals surface area contributed by atoms with Crippen molar-refractivity contribution in [2.24, 2.45) is 0 Å². The summed E-state index contributed by atoms with van der Waals surface area (Å²) >= 11 is 0. The lowest BCUT2D eigenvalue weighted by molar-refractivity contribution is -0.0211. The van der Waals surface area contributed by atoms with Gasteiger partial charge in [0.1, 0.15) is 5.82 Å². The molecule has 2 aromatic rings. The average Bonchev–Trinajstić information content (AvgIpc) is 2.56. The number of rotatable bonds is 2. The van der Waals surface area contributed by atoms with Crippen molar-refractivity contribution >= 4 is 5.91 Å². The summed E-state index contributed by atoms with van der Waals surface area (Å²) in [7, 11) is 0. The maximum Gasteiger partial charge on any atom is 0.255 e. The van der Waals surface area contributed by atoms with Gasteiger partial charge in [0.25, 0.3) is 5.91 Å². The number of pyridine rings is 1. The summed E-state index contributed by atoms with van der Waals surface area (Å²) in [5, 5.41) is 10.7. The number of benzene rings is 1. The lowest BCUT2D eigenvalue weighted by atomic mass is 9.84. The van der Waals surface area contributed by atoms with Gasteiger partial charge in [0, 0.05) is 25.5 Å². The second kappa shape index (κ2) is 5.85. The number of hydrogen-bond acceptors (Lipinski definition) is 3. The standard InChI is InChI=1S/C17H17FN2O2/c18-15-5-3-14(4-6-15)17(22)7-10-20(11-8-17)16(21)13-2-1-9-19-12-13/h1-6,9,12,22H,7-8,10-11H2. The lowest BCUT2D eigenvalue weighted by Gasteiger charge is -2.38. The third-order valence-corrected chi connectivity index (χ3v) is 4.17. The van der Waals surface area contributed by atoms with Crippen LogP contribution in [0, 0.1) is 5.82 Å². The second-order valence-electron chi connectivity index (χ2n) is 5.57. The predicted octanol–water partition coefficient (Wildman–Crippen LogP) is 2.34. The number of aliphatic hydroxyl groups is 1. The SMILES string of the molecule is O=C(c1cccnc1)N1CCC(O)(c2ccc(F)cc2)CC1. The Hall–Kier alpha value is -2.27. The van der Waals surface area contributed by atoms with Gasteiger partial charge in [-0.3, -0.25) is 9.78 Å². The van der Waals surface area contributed by atoms with Crippen LogP contribution in [0.5, 0.6) is 0 Å². The molecular weight excluding hydrogens is 283 g/mol. The van der Waals surface area contributed by atoms with Crippen LogP contribution in [-0.4, -0.2) is 34.0 Å². The van der Waals surface area contributed by atoms with Crippen molar-refractivity contribution < 1.29 is 14.3 Å². The van der Waals surface area contributed by atoms with Crippen molar-refractivity contribution in [3.63, 3.8) is 0 Å². The molecule has 1 aromatic heterocycles. The zero-order chi connectivity index (χ0) is 15.6. The van der Waals surface area contributed by atoms with Gasteiger partial charge in [0.15, 0.2) is 0 Å². The molecule has 0 unspecified atom stereocenters. The molecule has 1 saturated heterocycles. The fraction of sp³-hybridized carbons (Fsp3) is 0.294. The third kappa shape index (κ3) is 2.85. The molecule has 1 aromatic carbocycles. The summed E-state index contributed by atoms with van der Waals surface area (Å²) in [6.07, 6.45) is 4.04. The molecule has 1 amide bonds. The minimum atomic E-state index is -1.00. The Morgan fingerprint density at radius 1 is 1.18 bits per heavy atom. The van der Waals surface area contributed by atoms with Crippen LogP contribution in [0.25, 0.3) is 0 Å². The van der Waals surface area contributed by atoms with E-state index in [1.54, 1.807) is 41.6 Å². The number of halogens is 1. The quantitative estimate of drug-likeness (QED) is 0.926. The van der Waals surface area contributed by atoms with Gasteiger partial charge >= 0.3 is 0 Å². The molecule has 0 radical (unpaired) electrons. The van der Waals surface area contributed by atoms with Crippen LogP contribution in [0.3, 0.4) is 0 Å². The van der Waals surface area contributed by atoms with E-state index in [-0.39, 0.29) is 11.7 Å². The first kappa shape index (κ1) is 14.7. The topological polar surface area (TPSA) is 53.4 Å². The fourth-order valence-electron chi connectivity index (χ4n) is 2.80. The number of amides is 1. The van der Waals surface area contributed by atoms with Crippen LogP contribution in [0.1, 0.15) is 28.8 Å². The van der Waals surface area contributed by atoms with Crippen LogP contribution in [0.15, 0.2) is 48.8 Å². The molecule has 1 fully saturated rings. The Morgan fingerprint density at radius 2 is 1.86 bits per heavy atom. The van der Waals surface area contributed by atoms with Crippen molar-refractivity contribution in [1.82, 2.24) is 9.88 Å². The number of aromatic nitrogens is 1. The van der Waals surface area contributed by atoms with E-state index in [2.05, 4.69) is 4.98 Å². The maximum atomic E-state index is 13.0. The lowest BCUT2D eigenvalue weighted by Crippen LogP contribution is -2.45. The monoisotopic (exact) mass is 300 g/mol. The summed E-state index contributed by atoms with van der Waals surface area (Å²) in [6, 6.07) is 9.37. The molecule has 0 aliphatic carbocycles. The first-order valence-corrected chi connectivity index (χ1v) is 7.26. The smallest absolute Gasteiger partial charge is 0.255 e. The number of nitrogens with zero attached hydrogens (tertiary/aromatic N) is 2. The van der Waals surface area contributed by atoms with Gasteiger partial charge in [0.05, 0.1) is 11.2 Å². The van der Waals surface area contributed by atoms with Crippen molar-refractivity contribution in [1.29, 1.82) is 0 Å². The molecule has 0 spiro atoms. The maximum absolute atomic E-state index is 13.0. The van der Waals surface area contributed by atoms with E-state index >= 15 is 0 Å². The largest absolute Gasteiger partial charge is 0.385 e. The van der Waals surface area contributed by atoms with Gasteiger partial charge in [-0.1, -0.05) is 12.1 Å². The molecule has 114 valence electrons. The van der Waals surface area contributed by atoms with Crippen LogP contribution in [0.2, 0.25) is 0 Å². The van der Waals surface area contributed by atoms with Crippen LogP contribution >= 0.6 is 0 Å². The van der Waals surface area contributed by atoms with Crippen molar-refractivity contribution in [2.45, 2.75) is 18.4 Å². The molecular formula is C17H17FN2O2. The molecule has 1 aliphatic rings.